The average Bonchev–Trinajstić information content (AvgIpc) is 3.06. The van der Waals surface area contributed by atoms with Crippen LogP contribution in [-0.4, -0.2) is 21.4 Å². The highest BCUT2D eigenvalue weighted by atomic mass is 35.5. The number of aromatic nitrogens is 1. The van der Waals surface area contributed by atoms with E-state index in [1.165, 1.54) is 18.3 Å². The number of para-hydroxylation sites is 2. The molecule has 3 aromatic carbocycles. The summed E-state index contributed by atoms with van der Waals surface area (Å²) in [6.45, 7) is 0. The van der Waals surface area contributed by atoms with Crippen molar-refractivity contribution in [3.05, 3.63) is 71.2 Å². The SMILES string of the molecule is Oc1ccc(C=Nc2ccc(Cl)c(-c3nc4ccccc4o3)c2)c(O)c1. The maximum absolute atomic E-state index is 9.83. The lowest BCUT2D eigenvalue weighted by atomic mass is 10.2. The van der Waals surface area contributed by atoms with Crippen LogP contribution >= 0.6 is 11.6 Å². The highest BCUT2D eigenvalue weighted by Crippen LogP contribution is 2.33. The van der Waals surface area contributed by atoms with Crippen molar-refractivity contribution in [2.45, 2.75) is 0 Å². The Morgan fingerprint density at radius 1 is 1.00 bits per heavy atom. The number of aromatic hydroxyl groups is 2. The molecule has 4 rings (SSSR count). The van der Waals surface area contributed by atoms with E-state index in [-0.39, 0.29) is 11.5 Å². The van der Waals surface area contributed by atoms with Crippen molar-refractivity contribution in [2.75, 3.05) is 0 Å². The summed E-state index contributed by atoms with van der Waals surface area (Å²) >= 11 is 6.30. The number of oxazole rings is 1. The van der Waals surface area contributed by atoms with Crippen LogP contribution in [-0.2, 0) is 0 Å². The molecule has 0 fully saturated rings. The lowest BCUT2D eigenvalue weighted by molar-refractivity contribution is 0.450. The smallest absolute Gasteiger partial charge is 0.228 e. The van der Waals surface area contributed by atoms with Gasteiger partial charge >= 0.3 is 0 Å². The number of benzene rings is 3. The quantitative estimate of drug-likeness (QED) is 0.483. The van der Waals surface area contributed by atoms with Gasteiger partial charge in [-0.25, -0.2) is 4.98 Å². The standard InChI is InChI=1S/C20H13ClN2O3/c21-16-8-6-13(22-11-12-5-7-14(24)10-18(12)25)9-15(16)20-23-17-3-1-2-4-19(17)26-20/h1-11,24-25H. The van der Waals surface area contributed by atoms with Gasteiger partial charge in [-0.1, -0.05) is 23.7 Å². The molecule has 5 nitrogen and oxygen atoms in total. The first-order chi connectivity index (χ1) is 12.6. The van der Waals surface area contributed by atoms with Gasteiger partial charge in [-0.2, -0.15) is 0 Å². The lowest BCUT2D eigenvalue weighted by Crippen LogP contribution is -1.83. The minimum atomic E-state index is -0.0538. The summed E-state index contributed by atoms with van der Waals surface area (Å²) < 4.78 is 5.77. The van der Waals surface area contributed by atoms with Crippen LogP contribution in [0.3, 0.4) is 0 Å². The molecule has 2 N–H and O–H groups in total. The molecule has 4 aromatic rings. The van der Waals surface area contributed by atoms with Gasteiger partial charge in [0, 0.05) is 17.8 Å². The highest BCUT2D eigenvalue weighted by Gasteiger charge is 2.12. The van der Waals surface area contributed by atoms with Gasteiger partial charge in [0.15, 0.2) is 5.58 Å². The van der Waals surface area contributed by atoms with E-state index in [0.29, 0.717) is 33.3 Å². The van der Waals surface area contributed by atoms with Crippen LogP contribution in [0.5, 0.6) is 11.5 Å². The van der Waals surface area contributed by atoms with Crippen LogP contribution in [0.2, 0.25) is 5.02 Å². The topological polar surface area (TPSA) is 78.9 Å². The van der Waals surface area contributed by atoms with Gasteiger partial charge in [0.1, 0.15) is 17.0 Å². The first-order valence-electron chi connectivity index (χ1n) is 7.82. The van der Waals surface area contributed by atoms with Gasteiger partial charge in [-0.3, -0.25) is 4.99 Å². The molecule has 0 aliphatic rings. The lowest BCUT2D eigenvalue weighted by Gasteiger charge is -2.02. The fourth-order valence-corrected chi connectivity index (χ4v) is 2.73. The Bertz CT molecular complexity index is 1100. The Labute approximate surface area is 153 Å². The van der Waals surface area contributed by atoms with Crippen LogP contribution in [0.25, 0.3) is 22.6 Å². The molecular formula is C20H13ClN2O3. The minimum Gasteiger partial charge on any atom is -0.508 e. The summed E-state index contributed by atoms with van der Waals surface area (Å²) in [6.07, 6.45) is 1.51. The fourth-order valence-electron chi connectivity index (χ4n) is 2.53. The molecule has 0 amide bonds. The van der Waals surface area contributed by atoms with Crippen LogP contribution in [0.1, 0.15) is 5.56 Å². The molecule has 26 heavy (non-hydrogen) atoms. The first-order valence-corrected chi connectivity index (χ1v) is 8.19. The summed E-state index contributed by atoms with van der Waals surface area (Å²) in [5.41, 5.74) is 3.18. The van der Waals surface area contributed by atoms with Gasteiger partial charge in [0.25, 0.3) is 0 Å². The summed E-state index contributed by atoms with van der Waals surface area (Å²) in [4.78, 5) is 8.81. The normalized spacial score (nSPS) is 11.4. The Balaban J connectivity index is 1.71. The van der Waals surface area contributed by atoms with E-state index in [1.807, 2.05) is 24.3 Å². The second-order valence-corrected chi connectivity index (χ2v) is 6.06. The zero-order valence-corrected chi connectivity index (χ0v) is 14.2. The summed E-state index contributed by atoms with van der Waals surface area (Å²) in [5.74, 6) is 0.354. The number of fused-ring (bicyclic) bond motifs is 1. The Hall–Kier alpha value is -3.31. The largest absolute Gasteiger partial charge is 0.508 e. The molecule has 0 radical (unpaired) electrons. The highest BCUT2D eigenvalue weighted by molar-refractivity contribution is 6.33. The molecule has 0 aliphatic heterocycles. The van der Waals surface area contributed by atoms with E-state index in [9.17, 15) is 10.2 Å². The van der Waals surface area contributed by atoms with Crippen LogP contribution < -0.4 is 0 Å². The summed E-state index contributed by atoms with van der Waals surface area (Å²) in [7, 11) is 0. The molecule has 0 saturated heterocycles. The predicted molar refractivity (Wildman–Crippen MR) is 101 cm³/mol. The molecule has 128 valence electrons. The van der Waals surface area contributed by atoms with Crippen molar-refractivity contribution >= 4 is 34.6 Å². The number of rotatable bonds is 3. The van der Waals surface area contributed by atoms with Crippen molar-refractivity contribution in [1.82, 2.24) is 4.98 Å². The van der Waals surface area contributed by atoms with Crippen LogP contribution in [0.4, 0.5) is 5.69 Å². The zero-order valence-electron chi connectivity index (χ0n) is 13.4. The van der Waals surface area contributed by atoms with Crippen LogP contribution in [0.15, 0.2) is 70.1 Å². The number of nitrogens with zero attached hydrogens (tertiary/aromatic N) is 2. The van der Waals surface area contributed by atoms with Crippen molar-refractivity contribution < 1.29 is 14.6 Å². The second kappa shape index (κ2) is 6.54. The van der Waals surface area contributed by atoms with E-state index in [2.05, 4.69) is 9.98 Å². The second-order valence-electron chi connectivity index (χ2n) is 5.65. The summed E-state index contributed by atoms with van der Waals surface area (Å²) in [5, 5.41) is 19.7. The van der Waals surface area contributed by atoms with Crippen molar-refractivity contribution in [2.24, 2.45) is 4.99 Å². The first kappa shape index (κ1) is 16.2. The van der Waals surface area contributed by atoms with Crippen molar-refractivity contribution in [3.8, 4) is 23.0 Å². The molecule has 0 atom stereocenters. The third kappa shape index (κ3) is 3.12. The molecule has 1 aromatic heterocycles. The van der Waals surface area contributed by atoms with E-state index in [4.69, 9.17) is 16.0 Å². The van der Waals surface area contributed by atoms with Gasteiger partial charge in [0.05, 0.1) is 16.3 Å². The maximum Gasteiger partial charge on any atom is 0.228 e. The third-order valence-electron chi connectivity index (χ3n) is 3.84. The Kier molecular flexibility index (Phi) is 4.07. The number of hydrogen-bond acceptors (Lipinski definition) is 5. The Morgan fingerprint density at radius 2 is 1.85 bits per heavy atom. The average molecular weight is 365 g/mol. The van der Waals surface area contributed by atoms with Crippen molar-refractivity contribution in [3.63, 3.8) is 0 Å². The molecule has 0 spiro atoms. The predicted octanol–water partition coefficient (Wildman–Crippen LogP) is 5.31. The number of phenols is 2. The molecule has 6 heteroatoms. The van der Waals surface area contributed by atoms with Gasteiger partial charge in [0.2, 0.25) is 5.89 Å². The van der Waals surface area contributed by atoms with Gasteiger partial charge in [-0.15, -0.1) is 0 Å². The van der Waals surface area contributed by atoms with Gasteiger partial charge < -0.3 is 14.6 Å². The summed E-state index contributed by atoms with van der Waals surface area (Å²) in [6, 6.07) is 17.0. The molecule has 0 unspecified atom stereocenters. The van der Waals surface area contributed by atoms with E-state index >= 15 is 0 Å². The monoisotopic (exact) mass is 364 g/mol. The van der Waals surface area contributed by atoms with Crippen molar-refractivity contribution in [1.29, 1.82) is 0 Å². The van der Waals surface area contributed by atoms with E-state index in [1.54, 1.807) is 24.3 Å². The van der Waals surface area contributed by atoms with Crippen LogP contribution in [0, 0.1) is 0 Å². The number of hydrogen-bond donors (Lipinski definition) is 2. The Morgan fingerprint density at radius 3 is 2.65 bits per heavy atom. The maximum atomic E-state index is 9.83. The number of aliphatic imine (C=N–C) groups is 1. The number of halogens is 1. The molecular weight excluding hydrogens is 352 g/mol. The number of phenolic OH excluding ortho intramolecular Hbond substituents is 2. The molecule has 0 saturated carbocycles. The molecule has 0 aliphatic carbocycles. The molecule has 1 heterocycles. The molecule has 0 bridgehead atoms. The van der Waals surface area contributed by atoms with E-state index in [0.717, 1.165) is 5.52 Å². The third-order valence-corrected chi connectivity index (χ3v) is 4.17. The fraction of sp³-hybridized carbons (Fsp3) is 0. The van der Waals surface area contributed by atoms with Gasteiger partial charge in [-0.05, 0) is 42.5 Å². The minimum absolute atomic E-state index is 0.00982. The zero-order chi connectivity index (χ0) is 18.1. The van der Waals surface area contributed by atoms with E-state index < -0.39 is 0 Å².